The van der Waals surface area contributed by atoms with Gasteiger partial charge in [-0.15, -0.1) is 0 Å². The van der Waals surface area contributed by atoms with Gasteiger partial charge < -0.3 is 4.74 Å². The molecule has 0 fully saturated rings. The van der Waals surface area contributed by atoms with E-state index in [9.17, 15) is 0 Å². The Labute approximate surface area is 333 Å². The molecule has 0 saturated heterocycles. The molecule has 0 bridgehead atoms. The number of allylic oxidation sites excluding steroid dienone is 5. The van der Waals surface area contributed by atoms with Crippen LogP contribution in [0.15, 0.2) is 212 Å². The first-order valence-corrected chi connectivity index (χ1v) is 19.3. The molecule has 2 aliphatic rings. The van der Waals surface area contributed by atoms with Crippen molar-refractivity contribution in [2.75, 3.05) is 0 Å². The van der Waals surface area contributed by atoms with Gasteiger partial charge in [-0.3, -0.25) is 0 Å². The Hall–Kier alpha value is -7.36. The molecule has 2 heterocycles. The van der Waals surface area contributed by atoms with Gasteiger partial charge in [-0.05, 0) is 81.8 Å². The van der Waals surface area contributed by atoms with Crippen LogP contribution >= 0.6 is 0 Å². The summed E-state index contributed by atoms with van der Waals surface area (Å²) < 4.78 is 6.48. The van der Waals surface area contributed by atoms with E-state index in [4.69, 9.17) is 14.7 Å². The summed E-state index contributed by atoms with van der Waals surface area (Å²) in [5.74, 6) is 2.50. The molecule has 1 aliphatic heterocycles. The van der Waals surface area contributed by atoms with E-state index in [-0.39, 0.29) is 0 Å². The Morgan fingerprint density at radius 1 is 0.509 bits per heavy atom. The quantitative estimate of drug-likeness (QED) is 0.153. The first-order valence-electron chi connectivity index (χ1n) is 19.3. The average Bonchev–Trinajstić information content (AvgIpc) is 3.53. The maximum absolute atomic E-state index is 6.48. The number of benzene rings is 7. The van der Waals surface area contributed by atoms with Crippen molar-refractivity contribution >= 4 is 11.1 Å². The third-order valence-electron chi connectivity index (χ3n) is 11.4. The SMILES string of the molecule is C=C(/C=C\C1=C(C)C2(c3ccccc3Oc3ccccc32)c2ccccc21)c1cccc(-c2cccc(-c3cc(-c4ccccc4)nc(-c4ccccc4)n3)c2)c1. The lowest BCUT2D eigenvalue weighted by atomic mass is 9.66. The van der Waals surface area contributed by atoms with Crippen LogP contribution in [0.1, 0.15) is 34.7 Å². The Bertz CT molecular complexity index is 2800. The molecule has 0 amide bonds. The van der Waals surface area contributed by atoms with Gasteiger partial charge in [0.1, 0.15) is 11.5 Å². The maximum Gasteiger partial charge on any atom is 0.160 e. The molecule has 57 heavy (non-hydrogen) atoms. The lowest BCUT2D eigenvalue weighted by Gasteiger charge is -2.39. The molecule has 3 nitrogen and oxygen atoms in total. The standard InChI is InChI=1S/C54H38N2O/c1-36(31-32-44-37(2)54(46-26-10-9-25-45(44)46)47-27-11-13-29-51(47)57-52-30-14-12-28-48(52)54)40-21-15-22-41(33-40)42-23-16-24-43(34-42)50-35-49(38-17-5-3-6-18-38)55-53(56-50)39-19-7-4-8-20-39/h3-35H,1H2,2H3/b32-31-. The predicted octanol–water partition coefficient (Wildman–Crippen LogP) is 13.6. The molecule has 0 radical (unpaired) electrons. The number of nitrogens with zero attached hydrogens (tertiary/aromatic N) is 2. The minimum atomic E-state index is -0.457. The van der Waals surface area contributed by atoms with E-state index < -0.39 is 5.41 Å². The zero-order chi connectivity index (χ0) is 38.3. The van der Waals surface area contributed by atoms with Crippen molar-refractivity contribution in [2.45, 2.75) is 12.3 Å². The average molecular weight is 731 g/mol. The van der Waals surface area contributed by atoms with Crippen molar-refractivity contribution in [1.29, 1.82) is 0 Å². The summed E-state index contributed by atoms with van der Waals surface area (Å²) in [6.45, 7) is 6.85. The van der Waals surface area contributed by atoms with Gasteiger partial charge in [0, 0.05) is 27.8 Å². The fraction of sp³-hybridized carbons (Fsp3) is 0.0370. The largest absolute Gasteiger partial charge is 0.457 e. The Morgan fingerprint density at radius 2 is 1.04 bits per heavy atom. The molecule has 0 saturated carbocycles. The summed E-state index contributed by atoms with van der Waals surface area (Å²) in [5.41, 5.74) is 15.9. The highest BCUT2D eigenvalue weighted by atomic mass is 16.5. The maximum atomic E-state index is 6.48. The van der Waals surface area contributed by atoms with Gasteiger partial charge in [-0.1, -0.05) is 176 Å². The third kappa shape index (κ3) is 5.84. The summed E-state index contributed by atoms with van der Waals surface area (Å²) in [5, 5.41) is 0. The minimum absolute atomic E-state index is 0.457. The second-order valence-electron chi connectivity index (χ2n) is 14.6. The van der Waals surface area contributed by atoms with Crippen LogP contribution in [0.4, 0.5) is 0 Å². The van der Waals surface area contributed by atoms with Crippen molar-refractivity contribution < 1.29 is 4.74 Å². The Kier molecular flexibility index (Phi) is 8.42. The highest BCUT2D eigenvalue weighted by molar-refractivity contribution is 5.93. The van der Waals surface area contributed by atoms with Gasteiger partial charge in [-0.25, -0.2) is 9.97 Å². The number of para-hydroxylation sites is 2. The highest BCUT2D eigenvalue weighted by Gasteiger charge is 2.50. The van der Waals surface area contributed by atoms with Gasteiger partial charge in [0.25, 0.3) is 0 Å². The number of fused-ring (bicyclic) bond motifs is 6. The number of hydrogen-bond donors (Lipinski definition) is 0. The topological polar surface area (TPSA) is 35.0 Å². The second kappa shape index (κ2) is 14.1. The summed E-state index contributed by atoms with van der Waals surface area (Å²) in [4.78, 5) is 10.1. The number of rotatable bonds is 7. The van der Waals surface area contributed by atoms with Gasteiger partial charge in [0.05, 0.1) is 16.8 Å². The normalized spacial score (nSPS) is 13.6. The third-order valence-corrected chi connectivity index (χ3v) is 11.4. The van der Waals surface area contributed by atoms with Crippen molar-refractivity contribution in [3.8, 4) is 56.5 Å². The molecule has 8 aromatic rings. The van der Waals surface area contributed by atoms with Crippen LogP contribution in [0, 0.1) is 0 Å². The molecule has 0 unspecified atom stereocenters. The fourth-order valence-electron chi connectivity index (χ4n) is 8.66. The van der Waals surface area contributed by atoms with Crippen LogP contribution in [0.25, 0.3) is 56.2 Å². The minimum Gasteiger partial charge on any atom is -0.457 e. The first-order chi connectivity index (χ1) is 28.1. The van der Waals surface area contributed by atoms with Gasteiger partial charge >= 0.3 is 0 Å². The first kappa shape index (κ1) is 34.2. The van der Waals surface area contributed by atoms with Crippen LogP contribution in [-0.4, -0.2) is 9.97 Å². The van der Waals surface area contributed by atoms with Gasteiger partial charge in [0.15, 0.2) is 5.82 Å². The highest BCUT2D eigenvalue weighted by Crippen LogP contribution is 2.61. The molecule has 7 aromatic carbocycles. The molecule has 1 spiro atoms. The second-order valence-corrected chi connectivity index (χ2v) is 14.6. The van der Waals surface area contributed by atoms with Crippen LogP contribution in [0.5, 0.6) is 11.5 Å². The molecular weight excluding hydrogens is 693 g/mol. The Balaban J connectivity index is 1.00. The zero-order valence-electron chi connectivity index (χ0n) is 31.6. The van der Waals surface area contributed by atoms with E-state index in [2.05, 4.69) is 177 Å². The molecule has 10 rings (SSSR count). The van der Waals surface area contributed by atoms with Gasteiger partial charge in [-0.2, -0.15) is 0 Å². The molecule has 270 valence electrons. The molecule has 0 atom stereocenters. The lowest BCUT2D eigenvalue weighted by molar-refractivity contribution is 0.434. The fourth-order valence-corrected chi connectivity index (χ4v) is 8.66. The molecular formula is C54H38N2O. The van der Waals surface area contributed by atoms with Crippen LogP contribution in [0.2, 0.25) is 0 Å². The van der Waals surface area contributed by atoms with E-state index in [1.807, 2.05) is 36.4 Å². The smallest absolute Gasteiger partial charge is 0.160 e. The molecule has 3 heteroatoms. The van der Waals surface area contributed by atoms with E-state index in [1.54, 1.807) is 0 Å². The van der Waals surface area contributed by atoms with E-state index in [0.29, 0.717) is 5.82 Å². The van der Waals surface area contributed by atoms with Crippen molar-refractivity contribution in [3.63, 3.8) is 0 Å². The van der Waals surface area contributed by atoms with Gasteiger partial charge in [0.2, 0.25) is 0 Å². The van der Waals surface area contributed by atoms with Crippen molar-refractivity contribution in [1.82, 2.24) is 9.97 Å². The molecule has 1 aliphatic carbocycles. The van der Waals surface area contributed by atoms with Crippen molar-refractivity contribution in [2.24, 2.45) is 0 Å². The summed E-state index contributed by atoms with van der Waals surface area (Å²) in [7, 11) is 0. The number of hydrogen-bond acceptors (Lipinski definition) is 3. The zero-order valence-corrected chi connectivity index (χ0v) is 31.6. The molecule has 1 aromatic heterocycles. The number of aromatic nitrogens is 2. The van der Waals surface area contributed by atoms with E-state index >= 15 is 0 Å². The van der Waals surface area contributed by atoms with E-state index in [1.165, 1.54) is 33.4 Å². The lowest BCUT2D eigenvalue weighted by Crippen LogP contribution is -2.32. The van der Waals surface area contributed by atoms with E-state index in [0.717, 1.165) is 61.8 Å². The summed E-state index contributed by atoms with van der Waals surface area (Å²) in [6, 6.07) is 65.5. The molecule has 0 N–H and O–H groups in total. The van der Waals surface area contributed by atoms with Crippen LogP contribution < -0.4 is 4.74 Å². The summed E-state index contributed by atoms with van der Waals surface area (Å²) in [6.07, 6.45) is 4.42. The predicted molar refractivity (Wildman–Crippen MR) is 234 cm³/mol. The monoisotopic (exact) mass is 730 g/mol. The van der Waals surface area contributed by atoms with Crippen LogP contribution in [-0.2, 0) is 5.41 Å². The van der Waals surface area contributed by atoms with Crippen LogP contribution in [0.3, 0.4) is 0 Å². The van der Waals surface area contributed by atoms with Crippen molar-refractivity contribution in [3.05, 3.63) is 240 Å². The summed E-state index contributed by atoms with van der Waals surface area (Å²) >= 11 is 0. The number of ether oxygens (including phenoxy) is 1. The Morgan fingerprint density at radius 3 is 1.74 bits per heavy atom.